The molecule has 2 aromatic carbocycles. The lowest BCUT2D eigenvalue weighted by Gasteiger charge is -2.27. The number of methoxy groups -OCH3 is 1. The topological polar surface area (TPSA) is 86.5 Å². The van der Waals surface area contributed by atoms with E-state index in [1.165, 1.54) is 16.7 Å². The van der Waals surface area contributed by atoms with Crippen LogP contribution in [-0.4, -0.2) is 39.8 Å². The predicted octanol–water partition coefficient (Wildman–Crippen LogP) is 4.13. The molecule has 0 aliphatic heterocycles. The Hall–Kier alpha value is -3.68. The zero-order valence-electron chi connectivity index (χ0n) is 16.7. The molecule has 0 bridgehead atoms. The van der Waals surface area contributed by atoms with Gasteiger partial charge in [-0.3, -0.25) is 0 Å². The fourth-order valence-electron chi connectivity index (χ4n) is 2.65. The van der Waals surface area contributed by atoms with E-state index in [4.69, 9.17) is 9.47 Å². The summed E-state index contributed by atoms with van der Waals surface area (Å²) in [7, 11) is 1.24. The molecule has 1 heterocycles. The summed E-state index contributed by atoms with van der Waals surface area (Å²) in [6, 6.07) is 17.9. The van der Waals surface area contributed by atoms with Crippen molar-refractivity contribution in [2.45, 2.75) is 26.4 Å². The molecule has 29 heavy (non-hydrogen) atoms. The van der Waals surface area contributed by atoms with Gasteiger partial charge in [-0.2, -0.15) is 4.68 Å². The third-order valence-corrected chi connectivity index (χ3v) is 3.83. The first kappa shape index (κ1) is 20.1. The maximum atomic E-state index is 13.2. The molecule has 3 aromatic rings. The van der Waals surface area contributed by atoms with E-state index in [0.29, 0.717) is 11.4 Å². The average Bonchev–Trinajstić information content (AvgIpc) is 3.12. The lowest BCUT2D eigenvalue weighted by atomic mass is 10.2. The Morgan fingerprint density at radius 3 is 2.10 bits per heavy atom. The Morgan fingerprint density at radius 2 is 1.55 bits per heavy atom. The summed E-state index contributed by atoms with van der Waals surface area (Å²) < 4.78 is 11.9. The zero-order chi connectivity index (χ0) is 21.0. The van der Waals surface area contributed by atoms with Crippen LogP contribution in [0.1, 0.15) is 31.3 Å². The largest absolute Gasteiger partial charge is 0.464 e. The minimum absolute atomic E-state index is 0.105. The minimum atomic E-state index is -0.749. The number of anilines is 2. The molecule has 0 radical (unpaired) electrons. The van der Waals surface area contributed by atoms with Crippen LogP contribution in [0, 0.1) is 0 Å². The van der Waals surface area contributed by atoms with Crippen molar-refractivity contribution in [1.82, 2.24) is 15.0 Å². The number of amides is 1. The molecule has 0 spiro atoms. The highest BCUT2D eigenvalue weighted by Gasteiger charge is 2.33. The summed E-state index contributed by atoms with van der Waals surface area (Å²) >= 11 is 0. The van der Waals surface area contributed by atoms with Gasteiger partial charge in [0.25, 0.3) is 0 Å². The summed E-state index contributed by atoms with van der Waals surface area (Å²) in [5.74, 6) is -0.588. The summed E-state index contributed by atoms with van der Waals surface area (Å²) in [4.78, 5) is 26.9. The van der Waals surface area contributed by atoms with Gasteiger partial charge in [0.1, 0.15) is 5.60 Å². The normalized spacial score (nSPS) is 11.0. The standard InChI is InChI=1S/C21H22N4O4/c1-21(2,3)29-20(27)24(15-11-7-5-8-12-15)18-17(19(26)28-4)22-23-25(18)16-13-9-6-10-14-16/h5-14H,1-4H3. The van der Waals surface area contributed by atoms with E-state index in [1.807, 2.05) is 24.3 Å². The van der Waals surface area contributed by atoms with Crippen LogP contribution in [0.25, 0.3) is 5.69 Å². The first-order valence-electron chi connectivity index (χ1n) is 8.99. The molecule has 0 saturated carbocycles. The molecule has 1 aromatic heterocycles. The number of aromatic nitrogens is 3. The highest BCUT2D eigenvalue weighted by atomic mass is 16.6. The second-order valence-electron chi connectivity index (χ2n) is 7.15. The fraction of sp³-hybridized carbons (Fsp3) is 0.238. The summed E-state index contributed by atoms with van der Waals surface area (Å²) in [6.07, 6.45) is -0.673. The number of benzene rings is 2. The Labute approximate surface area is 168 Å². The first-order valence-corrected chi connectivity index (χ1v) is 8.99. The first-order chi connectivity index (χ1) is 13.8. The monoisotopic (exact) mass is 394 g/mol. The number of rotatable bonds is 4. The highest BCUT2D eigenvalue weighted by molar-refractivity contribution is 6.02. The van der Waals surface area contributed by atoms with Gasteiger partial charge in [-0.15, -0.1) is 5.10 Å². The maximum Gasteiger partial charge on any atom is 0.420 e. The van der Waals surface area contributed by atoms with Gasteiger partial charge < -0.3 is 9.47 Å². The van der Waals surface area contributed by atoms with Crippen LogP contribution in [-0.2, 0) is 9.47 Å². The Balaban J connectivity index is 2.25. The number of hydrogen-bond acceptors (Lipinski definition) is 6. The van der Waals surface area contributed by atoms with Crippen LogP contribution in [0.3, 0.4) is 0 Å². The van der Waals surface area contributed by atoms with Crippen molar-refractivity contribution in [3.63, 3.8) is 0 Å². The number of ether oxygens (including phenoxy) is 2. The third-order valence-electron chi connectivity index (χ3n) is 3.83. The summed E-state index contributed by atoms with van der Waals surface area (Å²) in [5.41, 5.74) is 0.257. The van der Waals surface area contributed by atoms with Crippen LogP contribution in [0.5, 0.6) is 0 Å². The summed E-state index contributed by atoms with van der Waals surface area (Å²) in [5, 5.41) is 8.07. The molecule has 150 valence electrons. The van der Waals surface area contributed by atoms with Crippen molar-refractivity contribution in [2.75, 3.05) is 12.0 Å². The second kappa shape index (κ2) is 8.14. The Kier molecular flexibility index (Phi) is 5.63. The van der Waals surface area contributed by atoms with Gasteiger partial charge in [-0.05, 0) is 45.0 Å². The molecule has 0 saturated heterocycles. The van der Waals surface area contributed by atoms with Gasteiger partial charge in [-0.1, -0.05) is 41.6 Å². The number of hydrogen-bond donors (Lipinski definition) is 0. The molecule has 8 nitrogen and oxygen atoms in total. The highest BCUT2D eigenvalue weighted by Crippen LogP contribution is 2.32. The van der Waals surface area contributed by atoms with Crippen LogP contribution in [0.4, 0.5) is 16.3 Å². The Bertz CT molecular complexity index is 995. The second-order valence-corrected chi connectivity index (χ2v) is 7.15. The number of nitrogens with zero attached hydrogens (tertiary/aromatic N) is 4. The van der Waals surface area contributed by atoms with E-state index in [0.717, 1.165) is 0 Å². The maximum absolute atomic E-state index is 13.2. The molecule has 0 N–H and O–H groups in total. The zero-order valence-corrected chi connectivity index (χ0v) is 16.7. The SMILES string of the molecule is COC(=O)c1nnn(-c2ccccc2)c1N(C(=O)OC(C)(C)C)c1ccccc1. The number of para-hydroxylation sites is 2. The van der Waals surface area contributed by atoms with Gasteiger partial charge in [0.05, 0.1) is 18.5 Å². The van der Waals surface area contributed by atoms with Crippen molar-refractivity contribution in [3.8, 4) is 5.69 Å². The van der Waals surface area contributed by atoms with Gasteiger partial charge in [0, 0.05) is 0 Å². The lowest BCUT2D eigenvalue weighted by molar-refractivity contribution is 0.0591. The molecule has 0 aliphatic rings. The van der Waals surface area contributed by atoms with E-state index in [9.17, 15) is 9.59 Å². The van der Waals surface area contributed by atoms with Crippen molar-refractivity contribution in [1.29, 1.82) is 0 Å². The van der Waals surface area contributed by atoms with Gasteiger partial charge in [0.15, 0.2) is 5.82 Å². The van der Waals surface area contributed by atoms with E-state index >= 15 is 0 Å². The molecular formula is C21H22N4O4. The quantitative estimate of drug-likeness (QED) is 0.619. The fourth-order valence-corrected chi connectivity index (χ4v) is 2.65. The predicted molar refractivity (Wildman–Crippen MR) is 108 cm³/mol. The molecule has 8 heteroatoms. The third kappa shape index (κ3) is 4.43. The Morgan fingerprint density at radius 1 is 0.966 bits per heavy atom. The number of carbonyl (C=O) groups excluding carboxylic acids is 2. The molecule has 0 aliphatic carbocycles. The van der Waals surface area contributed by atoms with Crippen molar-refractivity contribution < 1.29 is 19.1 Å². The lowest BCUT2D eigenvalue weighted by Crippen LogP contribution is -2.35. The average molecular weight is 394 g/mol. The van der Waals surface area contributed by atoms with E-state index in [2.05, 4.69) is 10.3 Å². The van der Waals surface area contributed by atoms with Gasteiger partial charge in [-0.25, -0.2) is 14.5 Å². The minimum Gasteiger partial charge on any atom is -0.464 e. The van der Waals surface area contributed by atoms with E-state index in [-0.39, 0.29) is 11.5 Å². The molecule has 1 amide bonds. The van der Waals surface area contributed by atoms with Crippen molar-refractivity contribution in [3.05, 3.63) is 66.4 Å². The van der Waals surface area contributed by atoms with Crippen LogP contribution >= 0.6 is 0 Å². The summed E-state index contributed by atoms with van der Waals surface area (Å²) in [6.45, 7) is 5.30. The molecule has 0 unspecified atom stereocenters. The smallest absolute Gasteiger partial charge is 0.420 e. The molecule has 3 rings (SSSR count). The van der Waals surface area contributed by atoms with Crippen molar-refractivity contribution >= 4 is 23.6 Å². The molecule has 0 fully saturated rings. The number of carbonyl (C=O) groups is 2. The van der Waals surface area contributed by atoms with Gasteiger partial charge >= 0.3 is 12.1 Å². The number of esters is 1. The van der Waals surface area contributed by atoms with Gasteiger partial charge in [0.2, 0.25) is 5.69 Å². The molecule has 0 atom stereocenters. The van der Waals surface area contributed by atoms with E-state index < -0.39 is 17.7 Å². The van der Waals surface area contributed by atoms with Crippen molar-refractivity contribution in [2.24, 2.45) is 0 Å². The van der Waals surface area contributed by atoms with Crippen LogP contribution in [0.15, 0.2) is 60.7 Å². The van der Waals surface area contributed by atoms with Crippen LogP contribution < -0.4 is 4.90 Å². The van der Waals surface area contributed by atoms with Crippen LogP contribution in [0.2, 0.25) is 0 Å². The molecular weight excluding hydrogens is 372 g/mol. The van der Waals surface area contributed by atoms with E-state index in [1.54, 1.807) is 57.2 Å².